The molecule has 1 saturated carbocycles. The maximum Gasteiger partial charge on any atom is 0.230 e. The Hall–Kier alpha value is -0.570. The van der Waals surface area contributed by atoms with Gasteiger partial charge in [-0.3, -0.25) is 4.79 Å². The molecule has 92 valence electrons. The van der Waals surface area contributed by atoms with Gasteiger partial charge in [-0.1, -0.05) is 13.8 Å². The van der Waals surface area contributed by atoms with E-state index < -0.39 is 0 Å². The molecule has 1 atom stereocenters. The smallest absolute Gasteiger partial charge is 0.230 e. The summed E-state index contributed by atoms with van der Waals surface area (Å²) in [5.74, 6) is 0.421. The van der Waals surface area contributed by atoms with E-state index in [4.69, 9.17) is 0 Å². The van der Waals surface area contributed by atoms with Crippen molar-refractivity contribution in [2.75, 3.05) is 19.6 Å². The number of nitrogens with zero attached hydrogens (tertiary/aromatic N) is 1. The molecule has 1 aliphatic carbocycles. The molecule has 1 N–H and O–H groups in total. The van der Waals surface area contributed by atoms with Crippen molar-refractivity contribution in [1.29, 1.82) is 0 Å². The third-order valence-electron chi connectivity index (χ3n) is 4.09. The van der Waals surface area contributed by atoms with E-state index in [0.29, 0.717) is 11.9 Å². The highest BCUT2D eigenvalue weighted by atomic mass is 16.2. The SMILES string of the molecule is CCCN(C(=O)C1(CC)CCNC1)C1CC1. The summed E-state index contributed by atoms with van der Waals surface area (Å²) in [5, 5.41) is 3.35. The van der Waals surface area contributed by atoms with Gasteiger partial charge in [0.2, 0.25) is 5.91 Å². The molecule has 3 nitrogen and oxygen atoms in total. The second kappa shape index (κ2) is 4.74. The average molecular weight is 224 g/mol. The molecule has 0 aromatic carbocycles. The second-order valence-electron chi connectivity index (χ2n) is 5.29. The molecular weight excluding hydrogens is 200 g/mol. The summed E-state index contributed by atoms with van der Waals surface area (Å²) < 4.78 is 0. The molecule has 2 rings (SSSR count). The third kappa shape index (κ3) is 2.10. The predicted molar refractivity (Wildman–Crippen MR) is 65.2 cm³/mol. The molecule has 3 heteroatoms. The predicted octanol–water partition coefficient (Wildman–Crippen LogP) is 1.78. The van der Waals surface area contributed by atoms with Gasteiger partial charge in [0.25, 0.3) is 0 Å². The zero-order valence-corrected chi connectivity index (χ0v) is 10.6. The summed E-state index contributed by atoms with van der Waals surface area (Å²) in [6.07, 6.45) is 5.52. The fourth-order valence-electron chi connectivity index (χ4n) is 2.76. The van der Waals surface area contributed by atoms with Crippen molar-refractivity contribution in [1.82, 2.24) is 10.2 Å². The van der Waals surface area contributed by atoms with Crippen LogP contribution in [-0.2, 0) is 4.79 Å². The lowest BCUT2D eigenvalue weighted by atomic mass is 9.82. The highest BCUT2D eigenvalue weighted by molar-refractivity contribution is 5.84. The quantitative estimate of drug-likeness (QED) is 0.772. The van der Waals surface area contributed by atoms with Gasteiger partial charge in [-0.2, -0.15) is 0 Å². The van der Waals surface area contributed by atoms with Crippen molar-refractivity contribution in [3.8, 4) is 0 Å². The first-order valence-electron chi connectivity index (χ1n) is 6.75. The Morgan fingerprint density at radius 1 is 1.44 bits per heavy atom. The van der Waals surface area contributed by atoms with E-state index in [0.717, 1.165) is 38.9 Å². The van der Waals surface area contributed by atoms with Crippen LogP contribution in [0.3, 0.4) is 0 Å². The molecule has 0 aromatic rings. The summed E-state index contributed by atoms with van der Waals surface area (Å²) in [6, 6.07) is 0.566. The lowest BCUT2D eigenvalue weighted by molar-refractivity contribution is -0.142. The second-order valence-corrected chi connectivity index (χ2v) is 5.29. The van der Waals surface area contributed by atoms with Crippen molar-refractivity contribution in [2.45, 2.75) is 52.0 Å². The molecule has 1 saturated heterocycles. The number of rotatable bonds is 5. The van der Waals surface area contributed by atoms with Crippen LogP contribution in [0.25, 0.3) is 0 Å². The van der Waals surface area contributed by atoms with Crippen LogP contribution in [0.15, 0.2) is 0 Å². The summed E-state index contributed by atoms with van der Waals surface area (Å²) in [7, 11) is 0. The molecule has 1 aliphatic heterocycles. The van der Waals surface area contributed by atoms with Crippen molar-refractivity contribution in [3.63, 3.8) is 0 Å². The Morgan fingerprint density at radius 2 is 2.19 bits per heavy atom. The summed E-state index contributed by atoms with van der Waals surface area (Å²) in [6.45, 7) is 7.15. The van der Waals surface area contributed by atoms with Crippen molar-refractivity contribution < 1.29 is 4.79 Å². The molecule has 1 heterocycles. The number of hydrogen-bond donors (Lipinski definition) is 1. The Kier molecular flexibility index (Phi) is 3.53. The van der Waals surface area contributed by atoms with Crippen LogP contribution in [0.4, 0.5) is 0 Å². The molecule has 1 amide bonds. The highest BCUT2D eigenvalue weighted by Gasteiger charge is 2.45. The lowest BCUT2D eigenvalue weighted by Crippen LogP contribution is -2.46. The van der Waals surface area contributed by atoms with Crippen LogP contribution >= 0.6 is 0 Å². The van der Waals surface area contributed by atoms with E-state index in [1.165, 1.54) is 12.8 Å². The standard InChI is InChI=1S/C13H24N2O/c1-3-9-15(11-5-6-11)12(16)13(4-2)7-8-14-10-13/h11,14H,3-10H2,1-2H3. The monoisotopic (exact) mass is 224 g/mol. The van der Waals surface area contributed by atoms with Gasteiger partial charge in [-0.05, 0) is 38.6 Å². The zero-order valence-electron chi connectivity index (χ0n) is 10.6. The first-order valence-corrected chi connectivity index (χ1v) is 6.75. The minimum absolute atomic E-state index is 0.0856. The van der Waals surface area contributed by atoms with Crippen LogP contribution in [0.1, 0.15) is 46.0 Å². The Morgan fingerprint density at radius 3 is 2.62 bits per heavy atom. The third-order valence-corrected chi connectivity index (χ3v) is 4.09. The van der Waals surface area contributed by atoms with Crippen LogP contribution in [0.2, 0.25) is 0 Å². The minimum atomic E-state index is -0.0856. The van der Waals surface area contributed by atoms with E-state index in [9.17, 15) is 4.79 Å². The Labute approximate surface area is 98.6 Å². The van der Waals surface area contributed by atoms with Crippen LogP contribution in [-0.4, -0.2) is 36.5 Å². The summed E-state index contributed by atoms with van der Waals surface area (Å²) in [4.78, 5) is 14.8. The van der Waals surface area contributed by atoms with Gasteiger partial charge >= 0.3 is 0 Å². The molecular formula is C13H24N2O. The molecule has 0 spiro atoms. The van der Waals surface area contributed by atoms with E-state index >= 15 is 0 Å². The molecule has 2 aliphatic rings. The topological polar surface area (TPSA) is 32.3 Å². The van der Waals surface area contributed by atoms with Crippen LogP contribution in [0.5, 0.6) is 0 Å². The Balaban J connectivity index is 2.07. The van der Waals surface area contributed by atoms with E-state index in [1.807, 2.05) is 0 Å². The van der Waals surface area contributed by atoms with Crippen LogP contribution in [0, 0.1) is 5.41 Å². The highest BCUT2D eigenvalue weighted by Crippen LogP contribution is 2.36. The zero-order chi connectivity index (χ0) is 11.6. The summed E-state index contributed by atoms with van der Waals surface area (Å²) in [5.41, 5.74) is -0.0856. The number of hydrogen-bond acceptors (Lipinski definition) is 2. The largest absolute Gasteiger partial charge is 0.339 e. The first kappa shape index (κ1) is 11.9. The average Bonchev–Trinajstić information content (AvgIpc) is 3.02. The molecule has 1 unspecified atom stereocenters. The van der Waals surface area contributed by atoms with Gasteiger partial charge in [-0.15, -0.1) is 0 Å². The van der Waals surface area contributed by atoms with E-state index in [-0.39, 0.29) is 5.41 Å². The number of carbonyl (C=O) groups is 1. The maximum absolute atomic E-state index is 12.7. The van der Waals surface area contributed by atoms with Gasteiger partial charge in [0.05, 0.1) is 5.41 Å². The summed E-state index contributed by atoms with van der Waals surface area (Å²) >= 11 is 0. The molecule has 16 heavy (non-hydrogen) atoms. The fraction of sp³-hybridized carbons (Fsp3) is 0.923. The lowest BCUT2D eigenvalue weighted by Gasteiger charge is -2.33. The molecule has 0 aromatic heterocycles. The molecule has 0 radical (unpaired) electrons. The molecule has 0 bridgehead atoms. The van der Waals surface area contributed by atoms with Gasteiger partial charge in [0.15, 0.2) is 0 Å². The first-order chi connectivity index (χ1) is 7.73. The normalized spacial score (nSPS) is 29.4. The Bertz CT molecular complexity index is 255. The van der Waals surface area contributed by atoms with Gasteiger partial charge in [-0.25, -0.2) is 0 Å². The van der Waals surface area contributed by atoms with Crippen LogP contribution < -0.4 is 5.32 Å². The van der Waals surface area contributed by atoms with E-state index in [2.05, 4.69) is 24.1 Å². The van der Waals surface area contributed by atoms with Crippen molar-refractivity contribution >= 4 is 5.91 Å². The minimum Gasteiger partial charge on any atom is -0.339 e. The maximum atomic E-state index is 12.7. The van der Waals surface area contributed by atoms with Crippen molar-refractivity contribution in [3.05, 3.63) is 0 Å². The number of nitrogens with one attached hydrogen (secondary N) is 1. The van der Waals surface area contributed by atoms with E-state index in [1.54, 1.807) is 0 Å². The number of carbonyl (C=O) groups excluding carboxylic acids is 1. The van der Waals surface area contributed by atoms with Gasteiger partial charge < -0.3 is 10.2 Å². The molecule has 2 fully saturated rings. The number of amides is 1. The van der Waals surface area contributed by atoms with Gasteiger partial charge in [0.1, 0.15) is 0 Å². The fourth-order valence-corrected chi connectivity index (χ4v) is 2.76. The van der Waals surface area contributed by atoms with Gasteiger partial charge in [0, 0.05) is 19.1 Å². The van der Waals surface area contributed by atoms with Crippen molar-refractivity contribution in [2.24, 2.45) is 5.41 Å².